The van der Waals surface area contributed by atoms with Crippen LogP contribution in [0.5, 0.6) is 0 Å². The van der Waals surface area contributed by atoms with Gasteiger partial charge in [-0.3, -0.25) is 4.98 Å². The highest BCUT2D eigenvalue weighted by Crippen LogP contribution is 2.41. The SMILES string of the molecule is CC1=C(C(C)C)CN(CCC(C)c2ncc3ccccc3c2C(F)(F)F)c2ccc(F)cc21. The number of hydrogen-bond acceptors (Lipinski definition) is 2. The van der Waals surface area contributed by atoms with E-state index < -0.39 is 17.7 Å². The van der Waals surface area contributed by atoms with Crippen LogP contribution in [0.2, 0.25) is 0 Å². The van der Waals surface area contributed by atoms with Crippen molar-refractivity contribution in [2.75, 3.05) is 18.0 Å². The fourth-order valence-corrected chi connectivity index (χ4v) is 4.82. The minimum Gasteiger partial charge on any atom is -0.367 e. The quantitative estimate of drug-likeness (QED) is 0.364. The number of hydrogen-bond donors (Lipinski definition) is 0. The number of benzene rings is 2. The van der Waals surface area contributed by atoms with E-state index in [9.17, 15) is 17.6 Å². The summed E-state index contributed by atoms with van der Waals surface area (Å²) in [4.78, 5) is 6.41. The maximum absolute atomic E-state index is 14.1. The average Bonchev–Trinajstić information content (AvgIpc) is 2.76. The number of halogens is 4. The first kappa shape index (κ1) is 23.3. The van der Waals surface area contributed by atoms with Crippen LogP contribution in [0.25, 0.3) is 16.3 Å². The van der Waals surface area contributed by atoms with Crippen molar-refractivity contribution in [2.24, 2.45) is 5.92 Å². The third-order valence-electron chi connectivity index (χ3n) is 6.65. The smallest absolute Gasteiger partial charge is 0.367 e. The second-order valence-electron chi connectivity index (χ2n) is 9.18. The van der Waals surface area contributed by atoms with E-state index in [0.717, 1.165) is 16.8 Å². The number of fused-ring (bicyclic) bond motifs is 2. The van der Waals surface area contributed by atoms with E-state index in [1.165, 1.54) is 23.9 Å². The molecule has 2 aromatic carbocycles. The second kappa shape index (κ2) is 8.81. The summed E-state index contributed by atoms with van der Waals surface area (Å²) in [5, 5.41) is 0.663. The molecule has 0 saturated carbocycles. The number of allylic oxidation sites excluding steroid dienone is 1. The van der Waals surface area contributed by atoms with Crippen LogP contribution in [-0.4, -0.2) is 18.1 Å². The van der Waals surface area contributed by atoms with Crippen molar-refractivity contribution in [1.29, 1.82) is 0 Å². The largest absolute Gasteiger partial charge is 0.418 e. The molecule has 1 aliphatic heterocycles. The molecular formula is C27H28F4N2. The zero-order valence-electron chi connectivity index (χ0n) is 19.3. The van der Waals surface area contributed by atoms with Crippen LogP contribution in [0.4, 0.5) is 23.2 Å². The van der Waals surface area contributed by atoms with Crippen LogP contribution in [0, 0.1) is 11.7 Å². The van der Waals surface area contributed by atoms with Crippen LogP contribution >= 0.6 is 0 Å². The molecule has 0 N–H and O–H groups in total. The van der Waals surface area contributed by atoms with Gasteiger partial charge >= 0.3 is 6.18 Å². The van der Waals surface area contributed by atoms with Gasteiger partial charge in [-0.25, -0.2) is 4.39 Å². The monoisotopic (exact) mass is 456 g/mol. The molecule has 33 heavy (non-hydrogen) atoms. The highest BCUT2D eigenvalue weighted by molar-refractivity contribution is 5.86. The van der Waals surface area contributed by atoms with Crippen LogP contribution in [0.15, 0.2) is 54.2 Å². The van der Waals surface area contributed by atoms with Gasteiger partial charge in [0.1, 0.15) is 5.82 Å². The van der Waals surface area contributed by atoms with Crippen LogP contribution < -0.4 is 4.90 Å². The summed E-state index contributed by atoms with van der Waals surface area (Å²) in [6.45, 7) is 9.27. The predicted octanol–water partition coefficient (Wildman–Crippen LogP) is 7.84. The topological polar surface area (TPSA) is 16.1 Å². The van der Waals surface area contributed by atoms with Gasteiger partial charge in [0, 0.05) is 41.8 Å². The number of nitrogens with zero attached hydrogens (tertiary/aromatic N) is 2. The Bertz CT molecular complexity index is 1210. The lowest BCUT2D eigenvalue weighted by Crippen LogP contribution is -2.33. The highest BCUT2D eigenvalue weighted by Gasteiger charge is 2.37. The normalized spacial score (nSPS) is 15.4. The molecule has 0 bridgehead atoms. The van der Waals surface area contributed by atoms with Gasteiger partial charge in [-0.15, -0.1) is 0 Å². The van der Waals surface area contributed by atoms with Gasteiger partial charge in [-0.2, -0.15) is 13.2 Å². The molecule has 0 amide bonds. The van der Waals surface area contributed by atoms with E-state index in [1.807, 2.05) is 6.92 Å². The lowest BCUT2D eigenvalue weighted by molar-refractivity contribution is -0.137. The van der Waals surface area contributed by atoms with Crippen LogP contribution in [-0.2, 0) is 6.18 Å². The number of rotatable bonds is 5. The Morgan fingerprint density at radius 1 is 1.06 bits per heavy atom. The Labute approximate surface area is 191 Å². The zero-order chi connectivity index (χ0) is 23.9. The first-order valence-electron chi connectivity index (χ1n) is 11.3. The van der Waals surface area contributed by atoms with Gasteiger partial charge in [0.05, 0.1) is 11.3 Å². The predicted molar refractivity (Wildman–Crippen MR) is 126 cm³/mol. The van der Waals surface area contributed by atoms with Gasteiger partial charge in [-0.1, -0.05) is 45.0 Å². The maximum Gasteiger partial charge on any atom is 0.418 e. The van der Waals surface area contributed by atoms with Gasteiger partial charge in [-0.05, 0) is 54.0 Å². The van der Waals surface area contributed by atoms with E-state index >= 15 is 0 Å². The van der Waals surface area contributed by atoms with Crippen molar-refractivity contribution >= 4 is 22.0 Å². The van der Waals surface area contributed by atoms with Crippen LogP contribution in [0.3, 0.4) is 0 Å². The lowest BCUT2D eigenvalue weighted by Gasteiger charge is -2.36. The van der Waals surface area contributed by atoms with Crippen molar-refractivity contribution in [1.82, 2.24) is 4.98 Å². The average molecular weight is 457 g/mol. The van der Waals surface area contributed by atoms with E-state index in [4.69, 9.17) is 0 Å². The number of pyridine rings is 1. The Kier molecular flexibility index (Phi) is 6.21. The van der Waals surface area contributed by atoms with E-state index in [0.29, 0.717) is 30.8 Å². The Morgan fingerprint density at radius 2 is 1.79 bits per heavy atom. The van der Waals surface area contributed by atoms with E-state index in [1.54, 1.807) is 37.3 Å². The molecular weight excluding hydrogens is 428 g/mol. The third kappa shape index (κ3) is 4.48. The summed E-state index contributed by atoms with van der Waals surface area (Å²) in [5.74, 6) is -0.397. The molecule has 2 nitrogen and oxygen atoms in total. The van der Waals surface area contributed by atoms with Crippen LogP contribution in [0.1, 0.15) is 56.9 Å². The molecule has 0 radical (unpaired) electrons. The van der Waals surface area contributed by atoms with Crippen molar-refractivity contribution in [2.45, 2.75) is 46.2 Å². The molecule has 0 fully saturated rings. The number of anilines is 1. The first-order chi connectivity index (χ1) is 15.6. The summed E-state index contributed by atoms with van der Waals surface area (Å²) in [5.41, 5.74) is 3.52. The molecule has 1 aliphatic rings. The summed E-state index contributed by atoms with van der Waals surface area (Å²) in [6, 6.07) is 11.3. The summed E-state index contributed by atoms with van der Waals surface area (Å²) in [7, 11) is 0. The molecule has 4 rings (SSSR count). The first-order valence-corrected chi connectivity index (χ1v) is 11.3. The summed E-state index contributed by atoms with van der Waals surface area (Å²) in [6.07, 6.45) is -2.47. The van der Waals surface area contributed by atoms with Gasteiger partial charge in [0.15, 0.2) is 0 Å². The molecule has 3 aromatic rings. The fourth-order valence-electron chi connectivity index (χ4n) is 4.82. The van der Waals surface area contributed by atoms with Crippen molar-refractivity contribution in [3.63, 3.8) is 0 Å². The standard InChI is InChI=1S/C27H28F4N2/c1-16(2)23-15-33(24-10-9-20(28)13-22(24)18(23)4)12-11-17(3)26-25(27(29,30)31)21-8-6-5-7-19(21)14-32-26/h5-10,13-14,16-17H,11-12,15H2,1-4H3. The van der Waals surface area contributed by atoms with E-state index in [-0.39, 0.29) is 16.9 Å². The molecule has 0 aliphatic carbocycles. The molecule has 0 spiro atoms. The molecule has 1 atom stereocenters. The highest BCUT2D eigenvalue weighted by atomic mass is 19.4. The second-order valence-corrected chi connectivity index (χ2v) is 9.18. The minimum atomic E-state index is -4.49. The van der Waals surface area contributed by atoms with Gasteiger partial charge < -0.3 is 4.90 Å². The van der Waals surface area contributed by atoms with Gasteiger partial charge in [0.2, 0.25) is 0 Å². The molecule has 1 unspecified atom stereocenters. The van der Waals surface area contributed by atoms with E-state index in [2.05, 4.69) is 23.7 Å². The Hall–Kier alpha value is -2.89. The van der Waals surface area contributed by atoms with Crippen molar-refractivity contribution < 1.29 is 17.6 Å². The molecule has 174 valence electrons. The Morgan fingerprint density at radius 3 is 2.48 bits per heavy atom. The molecule has 1 aromatic heterocycles. The molecule has 2 heterocycles. The zero-order valence-corrected chi connectivity index (χ0v) is 19.3. The number of aromatic nitrogens is 1. The maximum atomic E-state index is 14.1. The number of alkyl halides is 3. The summed E-state index contributed by atoms with van der Waals surface area (Å²) >= 11 is 0. The third-order valence-corrected chi connectivity index (χ3v) is 6.65. The molecule has 6 heteroatoms. The van der Waals surface area contributed by atoms with Crippen molar-refractivity contribution in [3.05, 3.63) is 76.9 Å². The Balaban J connectivity index is 1.65. The fraction of sp³-hybridized carbons (Fsp3) is 0.370. The molecule has 0 saturated heterocycles. The lowest BCUT2D eigenvalue weighted by atomic mass is 9.88. The van der Waals surface area contributed by atoms with Crippen molar-refractivity contribution in [3.8, 4) is 0 Å². The minimum absolute atomic E-state index is 0.0772. The van der Waals surface area contributed by atoms with Gasteiger partial charge in [0.25, 0.3) is 0 Å². The summed E-state index contributed by atoms with van der Waals surface area (Å²) < 4.78 is 56.2.